The van der Waals surface area contributed by atoms with E-state index >= 15 is 0 Å². The number of hydrogen-bond donors (Lipinski definition) is 0. The van der Waals surface area contributed by atoms with Gasteiger partial charge in [0.2, 0.25) is 0 Å². The van der Waals surface area contributed by atoms with E-state index in [-0.39, 0.29) is 5.92 Å². The molecule has 1 aliphatic heterocycles. The van der Waals surface area contributed by atoms with Crippen LogP contribution in [0, 0.1) is 5.92 Å². The van der Waals surface area contributed by atoms with Gasteiger partial charge in [-0.25, -0.2) is 0 Å². The van der Waals surface area contributed by atoms with Crippen LogP contribution in [0.3, 0.4) is 0 Å². The van der Waals surface area contributed by atoms with Gasteiger partial charge in [0, 0.05) is 37.0 Å². The lowest BCUT2D eigenvalue weighted by Crippen LogP contribution is -2.22. The third-order valence-electron chi connectivity index (χ3n) is 4.61. The topological polar surface area (TPSA) is 20.3 Å². The van der Waals surface area contributed by atoms with Gasteiger partial charge in [0.15, 0.2) is 5.78 Å². The van der Waals surface area contributed by atoms with Crippen molar-refractivity contribution in [1.29, 1.82) is 0 Å². The third kappa shape index (κ3) is 1.80. The van der Waals surface area contributed by atoms with E-state index in [1.807, 2.05) is 24.3 Å². The number of fused-ring (bicyclic) bond motifs is 3. The van der Waals surface area contributed by atoms with E-state index in [2.05, 4.69) is 35.2 Å². The highest BCUT2D eigenvalue weighted by Gasteiger charge is 2.45. The third-order valence-corrected chi connectivity index (χ3v) is 4.61. The lowest BCUT2D eigenvalue weighted by molar-refractivity contribution is 0.0931. The van der Waals surface area contributed by atoms with E-state index in [9.17, 15) is 4.79 Å². The fourth-order valence-electron chi connectivity index (χ4n) is 3.68. The summed E-state index contributed by atoms with van der Waals surface area (Å²) >= 11 is 0. The molecule has 0 N–H and O–H groups in total. The molecule has 0 spiro atoms. The first-order valence-corrected chi connectivity index (χ1v) is 7.22. The van der Waals surface area contributed by atoms with E-state index < -0.39 is 0 Å². The Hall–Kier alpha value is -1.93. The molecule has 2 aromatic carbocycles. The Morgan fingerprint density at radius 2 is 1.60 bits per heavy atom. The summed E-state index contributed by atoms with van der Waals surface area (Å²) < 4.78 is 0. The van der Waals surface area contributed by atoms with Gasteiger partial charge in [-0.15, -0.1) is 0 Å². The first kappa shape index (κ1) is 11.9. The van der Waals surface area contributed by atoms with Crippen molar-refractivity contribution in [2.24, 2.45) is 5.92 Å². The smallest absolute Gasteiger partial charge is 0.168 e. The predicted molar refractivity (Wildman–Crippen MR) is 78.7 cm³/mol. The minimum absolute atomic E-state index is 0.177. The second-order valence-corrected chi connectivity index (χ2v) is 5.84. The van der Waals surface area contributed by atoms with E-state index in [1.54, 1.807) is 0 Å². The van der Waals surface area contributed by atoms with Crippen LogP contribution in [0.25, 0.3) is 0 Å². The SMILES string of the molecule is O=C1c2ccccc2C2CN(Cc3ccccc3)CC12. The van der Waals surface area contributed by atoms with Crippen LogP contribution in [0.2, 0.25) is 0 Å². The quantitative estimate of drug-likeness (QED) is 0.830. The van der Waals surface area contributed by atoms with E-state index in [1.165, 1.54) is 11.1 Å². The molecule has 20 heavy (non-hydrogen) atoms. The van der Waals surface area contributed by atoms with Gasteiger partial charge >= 0.3 is 0 Å². The Kier molecular flexibility index (Phi) is 2.71. The zero-order valence-corrected chi connectivity index (χ0v) is 11.3. The summed E-state index contributed by atoms with van der Waals surface area (Å²) in [6, 6.07) is 18.6. The molecule has 2 aromatic rings. The monoisotopic (exact) mass is 263 g/mol. The molecule has 2 heteroatoms. The number of carbonyl (C=O) groups excluding carboxylic acids is 1. The molecule has 2 unspecified atom stereocenters. The second-order valence-electron chi connectivity index (χ2n) is 5.84. The van der Waals surface area contributed by atoms with Crippen LogP contribution in [0.4, 0.5) is 0 Å². The number of ketones is 1. The molecule has 2 atom stereocenters. The molecule has 4 rings (SSSR count). The van der Waals surface area contributed by atoms with Crippen LogP contribution >= 0.6 is 0 Å². The van der Waals surface area contributed by atoms with Crippen LogP contribution < -0.4 is 0 Å². The Labute approximate surface area is 119 Å². The molecule has 0 radical (unpaired) electrons. The molecule has 2 aliphatic rings. The number of rotatable bonds is 2. The minimum Gasteiger partial charge on any atom is -0.298 e. The lowest BCUT2D eigenvalue weighted by atomic mass is 9.96. The number of Topliss-reactive ketones (excluding diaryl/α,β-unsaturated/α-hetero) is 1. The van der Waals surface area contributed by atoms with Crippen molar-refractivity contribution in [2.75, 3.05) is 13.1 Å². The predicted octanol–water partition coefficient (Wildman–Crippen LogP) is 3.10. The average Bonchev–Trinajstić information content (AvgIpc) is 3.01. The molecule has 1 aliphatic carbocycles. The summed E-state index contributed by atoms with van der Waals surface area (Å²) in [6.07, 6.45) is 0. The van der Waals surface area contributed by atoms with Crippen LogP contribution in [0.15, 0.2) is 54.6 Å². The van der Waals surface area contributed by atoms with E-state index in [0.29, 0.717) is 11.7 Å². The molecule has 0 aromatic heterocycles. The van der Waals surface area contributed by atoms with Crippen molar-refractivity contribution in [3.05, 3.63) is 71.3 Å². The van der Waals surface area contributed by atoms with Crippen molar-refractivity contribution in [2.45, 2.75) is 12.5 Å². The first-order valence-electron chi connectivity index (χ1n) is 7.22. The largest absolute Gasteiger partial charge is 0.298 e. The molecule has 0 amide bonds. The second kappa shape index (κ2) is 4.57. The lowest BCUT2D eigenvalue weighted by Gasteiger charge is -2.17. The number of likely N-dealkylation sites (tertiary alicyclic amines) is 1. The van der Waals surface area contributed by atoms with Gasteiger partial charge in [-0.3, -0.25) is 9.69 Å². The average molecular weight is 263 g/mol. The van der Waals surface area contributed by atoms with E-state index in [0.717, 1.165) is 25.2 Å². The van der Waals surface area contributed by atoms with Gasteiger partial charge in [-0.1, -0.05) is 54.6 Å². The first-order chi connectivity index (χ1) is 9.83. The van der Waals surface area contributed by atoms with Crippen molar-refractivity contribution in [3.8, 4) is 0 Å². The Morgan fingerprint density at radius 1 is 0.900 bits per heavy atom. The maximum atomic E-state index is 12.4. The zero-order chi connectivity index (χ0) is 13.5. The summed E-state index contributed by atoms with van der Waals surface area (Å²) in [7, 11) is 0. The number of hydrogen-bond acceptors (Lipinski definition) is 2. The van der Waals surface area contributed by atoms with Crippen molar-refractivity contribution in [1.82, 2.24) is 4.90 Å². The highest BCUT2D eigenvalue weighted by molar-refractivity contribution is 6.03. The molecule has 0 bridgehead atoms. The zero-order valence-electron chi connectivity index (χ0n) is 11.3. The minimum atomic E-state index is 0.177. The van der Waals surface area contributed by atoms with Gasteiger partial charge in [0.1, 0.15) is 0 Å². The Morgan fingerprint density at radius 3 is 2.45 bits per heavy atom. The fraction of sp³-hybridized carbons (Fsp3) is 0.278. The molecular weight excluding hydrogens is 246 g/mol. The summed E-state index contributed by atoms with van der Waals surface area (Å²) in [5, 5.41) is 0. The van der Waals surface area contributed by atoms with Gasteiger partial charge < -0.3 is 0 Å². The Balaban J connectivity index is 1.57. The molecule has 2 nitrogen and oxygen atoms in total. The van der Waals surface area contributed by atoms with E-state index in [4.69, 9.17) is 0 Å². The fourth-order valence-corrected chi connectivity index (χ4v) is 3.68. The maximum absolute atomic E-state index is 12.4. The molecule has 100 valence electrons. The summed E-state index contributed by atoms with van der Waals surface area (Å²) in [5.74, 6) is 0.930. The van der Waals surface area contributed by atoms with Crippen LogP contribution in [0.5, 0.6) is 0 Å². The van der Waals surface area contributed by atoms with Crippen molar-refractivity contribution < 1.29 is 4.79 Å². The normalized spacial score (nSPS) is 24.7. The molecule has 1 fully saturated rings. The highest BCUT2D eigenvalue weighted by Crippen LogP contribution is 2.42. The Bertz CT molecular complexity index is 649. The van der Waals surface area contributed by atoms with Crippen molar-refractivity contribution >= 4 is 5.78 Å². The summed E-state index contributed by atoms with van der Waals surface area (Å²) in [6.45, 7) is 2.85. The number of nitrogens with zero attached hydrogens (tertiary/aromatic N) is 1. The highest BCUT2D eigenvalue weighted by atomic mass is 16.1. The molecular formula is C18H17NO. The summed E-state index contributed by atoms with van der Waals surface area (Å²) in [4.78, 5) is 14.9. The number of carbonyl (C=O) groups is 1. The standard InChI is InChI=1S/C18H17NO/c20-18-15-9-5-4-8-14(15)16-11-19(12-17(16)18)10-13-6-2-1-3-7-13/h1-9,16-17H,10-12H2. The molecule has 0 saturated carbocycles. The van der Waals surface area contributed by atoms with Gasteiger partial charge in [0.25, 0.3) is 0 Å². The van der Waals surface area contributed by atoms with Crippen LogP contribution in [0.1, 0.15) is 27.4 Å². The van der Waals surface area contributed by atoms with Gasteiger partial charge in [-0.05, 0) is 11.1 Å². The van der Waals surface area contributed by atoms with Crippen molar-refractivity contribution in [3.63, 3.8) is 0 Å². The maximum Gasteiger partial charge on any atom is 0.168 e. The summed E-state index contributed by atoms with van der Waals surface area (Å²) in [5.41, 5.74) is 3.55. The van der Waals surface area contributed by atoms with Gasteiger partial charge in [-0.2, -0.15) is 0 Å². The van der Waals surface area contributed by atoms with Gasteiger partial charge in [0.05, 0.1) is 0 Å². The number of benzene rings is 2. The molecule has 1 saturated heterocycles. The molecule has 1 heterocycles. The van der Waals surface area contributed by atoms with Crippen LogP contribution in [-0.4, -0.2) is 23.8 Å². The van der Waals surface area contributed by atoms with Crippen LogP contribution in [-0.2, 0) is 6.54 Å².